The number of piperazine rings is 1. The third kappa shape index (κ3) is 8.52. The minimum absolute atomic E-state index is 0.0225. The second-order valence-electron chi connectivity index (χ2n) is 10.3. The van der Waals surface area contributed by atoms with Gasteiger partial charge in [-0.2, -0.15) is 13.2 Å². The van der Waals surface area contributed by atoms with Gasteiger partial charge in [0.15, 0.2) is 15.0 Å². The molecular formula is C28H30F6N4O5S2. The molecule has 0 saturated carbocycles. The van der Waals surface area contributed by atoms with Gasteiger partial charge in [0.25, 0.3) is 5.91 Å². The number of carbonyl (C=O) groups is 1. The predicted molar refractivity (Wildman–Crippen MR) is 154 cm³/mol. The van der Waals surface area contributed by atoms with Gasteiger partial charge in [0, 0.05) is 26.2 Å². The Morgan fingerprint density at radius 1 is 1.09 bits per heavy atom. The molecule has 4 rings (SSSR count). The predicted octanol–water partition coefficient (Wildman–Crippen LogP) is 4.41. The van der Waals surface area contributed by atoms with Crippen LogP contribution in [0.4, 0.5) is 31.5 Å². The number of aromatic nitrogens is 1. The van der Waals surface area contributed by atoms with Gasteiger partial charge in [-0.1, -0.05) is 42.5 Å². The number of nitrogens with two attached hydrogens (primary N) is 1. The van der Waals surface area contributed by atoms with Crippen LogP contribution in [-0.4, -0.2) is 80.3 Å². The van der Waals surface area contributed by atoms with Crippen molar-refractivity contribution in [1.29, 1.82) is 0 Å². The summed E-state index contributed by atoms with van der Waals surface area (Å²) in [5.74, 6) is -1.89. The number of primary amides is 1. The molecule has 2 aromatic carbocycles. The van der Waals surface area contributed by atoms with Crippen LogP contribution in [0, 0.1) is 0 Å². The van der Waals surface area contributed by atoms with Gasteiger partial charge in [0.2, 0.25) is 0 Å². The number of aliphatic hydroxyl groups is 1. The Morgan fingerprint density at radius 3 is 2.27 bits per heavy atom. The lowest BCUT2D eigenvalue weighted by molar-refractivity contribution is -0.326. The first kappa shape index (κ1) is 34.6. The minimum atomic E-state index is -4.94. The summed E-state index contributed by atoms with van der Waals surface area (Å²) in [5.41, 5.74) is 5.85. The second kappa shape index (κ2) is 13.6. The van der Waals surface area contributed by atoms with Gasteiger partial charge < -0.3 is 15.7 Å². The summed E-state index contributed by atoms with van der Waals surface area (Å²) in [7, 11) is -3.50. The van der Waals surface area contributed by atoms with Crippen LogP contribution in [-0.2, 0) is 27.3 Å². The summed E-state index contributed by atoms with van der Waals surface area (Å²) in [4.78, 5) is 20.3. The summed E-state index contributed by atoms with van der Waals surface area (Å²) >= 11 is 0.841. The molecule has 0 bridgehead atoms. The van der Waals surface area contributed by atoms with Gasteiger partial charge in [0.05, 0.1) is 47.1 Å². The zero-order chi connectivity index (χ0) is 33.2. The van der Waals surface area contributed by atoms with E-state index in [9.17, 15) is 44.7 Å². The van der Waals surface area contributed by atoms with Crippen molar-refractivity contribution in [1.82, 2.24) is 9.88 Å². The summed E-state index contributed by atoms with van der Waals surface area (Å²) in [6.07, 6.45) is -9.44. The number of nitrogens with zero attached hydrogens (tertiary/aromatic N) is 3. The Morgan fingerprint density at radius 2 is 1.73 bits per heavy atom. The standard InChI is InChI=1S/C28H30F6N4O5S2/c1-2-45(41,42)21-9-5-18(6-10-21)22(15-39)23-24(25(35)40)44-26(36-23)38-12-11-37(14-20(38)16-43-28(32,33)34)13-17-3-7-19(8-4-17)27(29,30)31/h3-10,20,22,39H,2,11-16H2,1H3,(H2,35,40)/t20-,22+/m0/s1. The van der Waals surface area contributed by atoms with E-state index in [1.165, 1.54) is 43.3 Å². The molecule has 2 atom stereocenters. The number of anilines is 1. The Bertz CT molecular complexity index is 1580. The first-order valence-electron chi connectivity index (χ1n) is 13.6. The van der Waals surface area contributed by atoms with Crippen LogP contribution in [0.1, 0.15) is 44.9 Å². The number of carbonyl (C=O) groups excluding carboxylic acids is 1. The number of halogens is 6. The molecule has 1 aliphatic rings. The van der Waals surface area contributed by atoms with Crippen molar-refractivity contribution in [2.75, 3.05) is 43.5 Å². The lowest BCUT2D eigenvalue weighted by Crippen LogP contribution is -2.55. The van der Waals surface area contributed by atoms with Crippen molar-refractivity contribution in [3.8, 4) is 0 Å². The molecule has 1 saturated heterocycles. The molecule has 17 heteroatoms. The fraction of sp³-hybridized carbons (Fsp3) is 0.429. The smallest absolute Gasteiger partial charge is 0.395 e. The number of rotatable bonds is 11. The van der Waals surface area contributed by atoms with Gasteiger partial charge in [-0.15, -0.1) is 13.2 Å². The molecular weight excluding hydrogens is 650 g/mol. The van der Waals surface area contributed by atoms with Gasteiger partial charge in [-0.05, 0) is 35.4 Å². The lowest BCUT2D eigenvalue weighted by atomic mass is 9.95. The average molecular weight is 681 g/mol. The van der Waals surface area contributed by atoms with Crippen LogP contribution in [0.15, 0.2) is 53.4 Å². The Labute approximate surface area is 259 Å². The van der Waals surface area contributed by atoms with Crippen LogP contribution in [0.3, 0.4) is 0 Å². The van der Waals surface area contributed by atoms with Crippen LogP contribution in [0.5, 0.6) is 0 Å². The molecule has 3 N–H and O–H groups in total. The van der Waals surface area contributed by atoms with E-state index in [1.54, 1.807) is 9.80 Å². The highest BCUT2D eigenvalue weighted by molar-refractivity contribution is 7.91. The largest absolute Gasteiger partial charge is 0.522 e. The monoisotopic (exact) mass is 680 g/mol. The van der Waals surface area contributed by atoms with Crippen LogP contribution in [0.25, 0.3) is 0 Å². The Balaban J connectivity index is 1.61. The van der Waals surface area contributed by atoms with Crippen molar-refractivity contribution in [2.24, 2.45) is 5.73 Å². The van der Waals surface area contributed by atoms with Crippen molar-refractivity contribution < 1.29 is 49.4 Å². The molecule has 3 aromatic rings. The zero-order valence-corrected chi connectivity index (χ0v) is 25.4. The molecule has 1 aliphatic heterocycles. The minimum Gasteiger partial charge on any atom is -0.395 e. The molecule has 0 aliphatic carbocycles. The van der Waals surface area contributed by atoms with Gasteiger partial charge in [-0.25, -0.2) is 13.4 Å². The molecule has 0 unspecified atom stereocenters. The third-order valence-electron chi connectivity index (χ3n) is 7.34. The zero-order valence-electron chi connectivity index (χ0n) is 23.8. The van der Waals surface area contributed by atoms with Crippen LogP contribution in [0.2, 0.25) is 0 Å². The quantitative estimate of drug-likeness (QED) is 0.286. The van der Waals surface area contributed by atoms with E-state index in [0.29, 0.717) is 17.7 Å². The van der Waals surface area contributed by atoms with E-state index in [0.717, 1.165) is 23.5 Å². The van der Waals surface area contributed by atoms with Crippen LogP contribution < -0.4 is 10.6 Å². The third-order valence-corrected chi connectivity index (χ3v) is 10.2. The number of thiazole rings is 1. The summed E-state index contributed by atoms with van der Waals surface area (Å²) in [6.45, 7) is 0.772. The fourth-order valence-corrected chi connectivity index (χ4v) is 6.95. The molecule has 9 nitrogen and oxygen atoms in total. The molecule has 1 fully saturated rings. The highest BCUT2D eigenvalue weighted by Crippen LogP contribution is 2.36. The van der Waals surface area contributed by atoms with Crippen molar-refractivity contribution in [3.63, 3.8) is 0 Å². The number of hydrogen-bond donors (Lipinski definition) is 2. The van der Waals surface area contributed by atoms with Crippen LogP contribution >= 0.6 is 11.3 Å². The molecule has 0 spiro atoms. The van der Waals surface area contributed by atoms with E-state index in [1.807, 2.05) is 0 Å². The van der Waals surface area contributed by atoms with E-state index in [4.69, 9.17) is 5.73 Å². The van der Waals surface area contributed by atoms with Crippen molar-refractivity contribution in [3.05, 3.63) is 75.8 Å². The van der Waals surface area contributed by atoms with E-state index in [2.05, 4.69) is 9.72 Å². The van der Waals surface area contributed by atoms with E-state index < -0.39 is 59.0 Å². The van der Waals surface area contributed by atoms with Gasteiger partial charge in [0.1, 0.15) is 4.88 Å². The molecule has 0 radical (unpaired) electrons. The summed E-state index contributed by atoms with van der Waals surface area (Å²) < 4.78 is 107. The number of ether oxygens (including phenoxy) is 1. The number of aliphatic hydroxyl groups excluding tert-OH is 1. The topological polar surface area (TPSA) is 126 Å². The van der Waals surface area contributed by atoms with E-state index >= 15 is 0 Å². The number of sulfone groups is 1. The number of benzene rings is 2. The fourth-order valence-electron chi connectivity index (χ4n) is 4.99. The molecule has 246 valence electrons. The van der Waals surface area contributed by atoms with Crippen molar-refractivity contribution >= 4 is 32.2 Å². The van der Waals surface area contributed by atoms with Crippen molar-refractivity contribution in [2.45, 2.75) is 42.9 Å². The van der Waals surface area contributed by atoms with E-state index in [-0.39, 0.29) is 46.0 Å². The Hall–Kier alpha value is -3.25. The van der Waals surface area contributed by atoms with Gasteiger partial charge >= 0.3 is 12.5 Å². The van der Waals surface area contributed by atoms with Gasteiger partial charge in [-0.3, -0.25) is 14.4 Å². The maximum absolute atomic E-state index is 13.1. The summed E-state index contributed by atoms with van der Waals surface area (Å²) in [6, 6.07) is 9.26. The molecule has 45 heavy (non-hydrogen) atoms. The number of amides is 1. The first-order chi connectivity index (χ1) is 21.0. The number of hydrogen-bond acceptors (Lipinski definition) is 9. The maximum Gasteiger partial charge on any atom is 0.522 e. The second-order valence-corrected chi connectivity index (χ2v) is 13.6. The summed E-state index contributed by atoms with van der Waals surface area (Å²) in [5, 5.41) is 10.4. The molecule has 1 amide bonds. The SMILES string of the molecule is CCS(=O)(=O)c1ccc([C@@H](CO)c2nc(N3CCN(Cc4ccc(C(F)(F)F)cc4)C[C@H]3COC(F)(F)F)sc2C(N)=O)cc1. The highest BCUT2D eigenvalue weighted by Gasteiger charge is 2.37. The first-order valence-corrected chi connectivity index (χ1v) is 16.1. The number of alkyl halides is 6. The Kier molecular flexibility index (Phi) is 10.5. The highest BCUT2D eigenvalue weighted by atomic mass is 32.2. The normalized spacial score (nSPS) is 17.4. The maximum atomic E-state index is 13.1. The molecule has 1 aromatic heterocycles. The molecule has 2 heterocycles. The average Bonchev–Trinajstić information content (AvgIpc) is 3.41. The lowest BCUT2D eigenvalue weighted by Gasteiger charge is -2.41.